The summed E-state index contributed by atoms with van der Waals surface area (Å²) in [6, 6.07) is 1.73. The third-order valence-corrected chi connectivity index (χ3v) is 3.73. The highest BCUT2D eigenvalue weighted by Crippen LogP contribution is 2.28. The molecule has 3 aromatic heterocycles. The summed E-state index contributed by atoms with van der Waals surface area (Å²) in [6.45, 7) is 0.433. The van der Waals surface area contributed by atoms with Crippen molar-refractivity contribution in [2.45, 2.75) is 13.0 Å². The van der Waals surface area contributed by atoms with Gasteiger partial charge in [0.15, 0.2) is 0 Å². The minimum atomic E-state index is -2.79. The molecule has 3 heterocycles. The number of nitrogens with one attached hydrogen (secondary N) is 1. The van der Waals surface area contributed by atoms with E-state index in [0.717, 1.165) is 10.7 Å². The van der Waals surface area contributed by atoms with Crippen molar-refractivity contribution in [3.63, 3.8) is 0 Å². The number of thiazole rings is 1. The first-order chi connectivity index (χ1) is 10.6. The fourth-order valence-electron chi connectivity index (χ4n) is 1.60. The molecule has 0 fully saturated rings. The van der Waals surface area contributed by atoms with Gasteiger partial charge >= 0.3 is 6.43 Å². The van der Waals surface area contributed by atoms with Crippen molar-refractivity contribution in [2.24, 2.45) is 0 Å². The number of hydrogen-bond acceptors (Lipinski definition) is 7. The molecule has 0 spiro atoms. The SMILES string of the molecule is FC(F)c1nnc(-c2cnc(CNc3cncc(Cl)c3)s2)o1. The fourth-order valence-corrected chi connectivity index (χ4v) is 2.55. The van der Waals surface area contributed by atoms with Gasteiger partial charge in [0, 0.05) is 6.20 Å². The normalized spacial score (nSPS) is 11.1. The fraction of sp³-hybridized carbons (Fsp3) is 0.167. The average molecular weight is 344 g/mol. The Morgan fingerprint density at radius 1 is 1.27 bits per heavy atom. The topological polar surface area (TPSA) is 76.7 Å². The second kappa shape index (κ2) is 6.32. The lowest BCUT2D eigenvalue weighted by molar-refractivity contribution is 0.116. The predicted molar refractivity (Wildman–Crippen MR) is 76.9 cm³/mol. The number of nitrogens with zero attached hydrogens (tertiary/aromatic N) is 4. The largest absolute Gasteiger partial charge is 0.414 e. The van der Waals surface area contributed by atoms with Crippen molar-refractivity contribution < 1.29 is 13.2 Å². The monoisotopic (exact) mass is 343 g/mol. The lowest BCUT2D eigenvalue weighted by Gasteiger charge is -2.03. The maximum absolute atomic E-state index is 12.4. The van der Waals surface area contributed by atoms with Crippen LogP contribution in [0.3, 0.4) is 0 Å². The lowest BCUT2D eigenvalue weighted by atomic mass is 10.4. The van der Waals surface area contributed by atoms with E-state index in [1.54, 1.807) is 12.3 Å². The lowest BCUT2D eigenvalue weighted by Crippen LogP contribution is -1.98. The second-order valence-corrected chi connectivity index (χ2v) is 5.66. The van der Waals surface area contributed by atoms with Gasteiger partial charge in [-0.1, -0.05) is 11.6 Å². The van der Waals surface area contributed by atoms with Gasteiger partial charge in [0.25, 0.3) is 11.8 Å². The van der Waals surface area contributed by atoms with Crippen LogP contribution in [0.4, 0.5) is 14.5 Å². The molecule has 0 aliphatic heterocycles. The second-order valence-electron chi connectivity index (χ2n) is 4.11. The van der Waals surface area contributed by atoms with Crippen LogP contribution in [0, 0.1) is 0 Å². The molecule has 3 rings (SSSR count). The van der Waals surface area contributed by atoms with E-state index < -0.39 is 12.3 Å². The minimum Gasteiger partial charge on any atom is -0.414 e. The number of rotatable bonds is 5. The van der Waals surface area contributed by atoms with Crippen molar-refractivity contribution in [1.29, 1.82) is 0 Å². The van der Waals surface area contributed by atoms with Crippen molar-refractivity contribution in [3.05, 3.63) is 40.6 Å². The maximum atomic E-state index is 12.4. The molecule has 0 bridgehead atoms. The Kier molecular flexibility index (Phi) is 4.25. The summed E-state index contributed by atoms with van der Waals surface area (Å²) in [4.78, 5) is 8.65. The Labute approximate surface area is 132 Å². The molecule has 114 valence electrons. The van der Waals surface area contributed by atoms with E-state index in [1.807, 2.05) is 0 Å². The van der Waals surface area contributed by atoms with Gasteiger partial charge in [-0.05, 0) is 6.07 Å². The number of hydrogen-bond donors (Lipinski definition) is 1. The van der Waals surface area contributed by atoms with Crippen LogP contribution >= 0.6 is 22.9 Å². The van der Waals surface area contributed by atoms with Gasteiger partial charge < -0.3 is 9.73 Å². The van der Waals surface area contributed by atoms with E-state index in [1.165, 1.54) is 23.7 Å². The molecule has 22 heavy (non-hydrogen) atoms. The van der Waals surface area contributed by atoms with Crippen LogP contribution in [0.25, 0.3) is 10.8 Å². The first-order valence-electron chi connectivity index (χ1n) is 6.03. The molecule has 0 unspecified atom stereocenters. The van der Waals surface area contributed by atoms with Crippen LogP contribution in [0.1, 0.15) is 17.3 Å². The Morgan fingerprint density at radius 2 is 2.14 bits per heavy atom. The smallest absolute Gasteiger partial charge is 0.314 e. The summed E-state index contributed by atoms with van der Waals surface area (Å²) in [5, 5.41) is 11.2. The summed E-state index contributed by atoms with van der Waals surface area (Å²) in [5.74, 6) is -0.670. The predicted octanol–water partition coefficient (Wildman–Crippen LogP) is 3.79. The van der Waals surface area contributed by atoms with Gasteiger partial charge in [-0.2, -0.15) is 8.78 Å². The Hall–Kier alpha value is -2.13. The first-order valence-corrected chi connectivity index (χ1v) is 7.22. The summed E-state index contributed by atoms with van der Waals surface area (Å²) in [7, 11) is 0. The van der Waals surface area contributed by atoms with Crippen molar-refractivity contribution in [3.8, 4) is 10.8 Å². The van der Waals surface area contributed by atoms with Crippen molar-refractivity contribution >= 4 is 28.6 Å². The highest BCUT2D eigenvalue weighted by atomic mass is 35.5. The standard InChI is InChI=1S/C12H8ClF2N5OS/c13-6-1-7(3-16-2-6)17-5-9-18-4-8(22-9)11-19-20-12(21-11)10(14)15/h1-4,10,17H,5H2. The molecule has 0 saturated carbocycles. The van der Waals surface area contributed by atoms with E-state index in [9.17, 15) is 8.78 Å². The van der Waals surface area contributed by atoms with Crippen LogP contribution in [-0.2, 0) is 6.54 Å². The Bertz CT molecular complexity index is 778. The Balaban J connectivity index is 1.68. The summed E-state index contributed by atoms with van der Waals surface area (Å²) in [6.07, 6.45) is 1.88. The van der Waals surface area contributed by atoms with Gasteiger partial charge in [0.2, 0.25) is 0 Å². The van der Waals surface area contributed by atoms with Gasteiger partial charge in [-0.3, -0.25) is 4.98 Å². The number of anilines is 1. The number of pyridine rings is 1. The van der Waals surface area contributed by atoms with E-state index in [2.05, 4.69) is 25.5 Å². The van der Waals surface area contributed by atoms with Crippen LogP contribution in [-0.4, -0.2) is 20.2 Å². The molecule has 3 aromatic rings. The van der Waals surface area contributed by atoms with Crippen LogP contribution in [0.15, 0.2) is 29.1 Å². The van der Waals surface area contributed by atoms with Crippen LogP contribution in [0.5, 0.6) is 0 Å². The van der Waals surface area contributed by atoms with Crippen LogP contribution in [0.2, 0.25) is 5.02 Å². The average Bonchev–Trinajstić information content (AvgIpc) is 3.14. The van der Waals surface area contributed by atoms with E-state index in [-0.39, 0.29) is 5.89 Å². The quantitative estimate of drug-likeness (QED) is 0.759. The van der Waals surface area contributed by atoms with E-state index in [0.29, 0.717) is 16.4 Å². The number of halogens is 3. The van der Waals surface area contributed by atoms with Crippen LogP contribution < -0.4 is 5.32 Å². The molecule has 0 aromatic carbocycles. The highest BCUT2D eigenvalue weighted by Gasteiger charge is 2.18. The molecule has 0 atom stereocenters. The molecule has 0 aliphatic carbocycles. The number of alkyl halides is 2. The zero-order valence-electron chi connectivity index (χ0n) is 10.8. The number of aromatic nitrogens is 4. The van der Waals surface area contributed by atoms with Gasteiger partial charge in [0.1, 0.15) is 9.88 Å². The molecule has 1 N–H and O–H groups in total. The van der Waals surface area contributed by atoms with Gasteiger partial charge in [0.05, 0.1) is 29.6 Å². The van der Waals surface area contributed by atoms with E-state index >= 15 is 0 Å². The molecule has 0 saturated heterocycles. The summed E-state index contributed by atoms with van der Waals surface area (Å²) >= 11 is 7.10. The highest BCUT2D eigenvalue weighted by molar-refractivity contribution is 7.15. The first kappa shape index (κ1) is 14.8. The molecule has 10 heteroatoms. The van der Waals surface area contributed by atoms with Crippen molar-refractivity contribution in [1.82, 2.24) is 20.2 Å². The van der Waals surface area contributed by atoms with Gasteiger partial charge in [-0.25, -0.2) is 4.98 Å². The molecule has 6 nitrogen and oxygen atoms in total. The summed E-state index contributed by atoms with van der Waals surface area (Å²) in [5.41, 5.74) is 0.752. The zero-order chi connectivity index (χ0) is 15.5. The summed E-state index contributed by atoms with van der Waals surface area (Å²) < 4.78 is 29.7. The zero-order valence-corrected chi connectivity index (χ0v) is 12.4. The van der Waals surface area contributed by atoms with Gasteiger partial charge in [-0.15, -0.1) is 21.5 Å². The third-order valence-electron chi connectivity index (χ3n) is 2.54. The molecule has 0 amide bonds. The minimum absolute atomic E-state index is 0.0310. The Morgan fingerprint density at radius 3 is 2.86 bits per heavy atom. The molecular formula is C12H8ClF2N5OS. The third kappa shape index (κ3) is 3.37. The molecular weight excluding hydrogens is 336 g/mol. The molecule has 0 radical (unpaired) electrons. The van der Waals surface area contributed by atoms with E-state index in [4.69, 9.17) is 16.0 Å². The molecule has 0 aliphatic rings. The maximum Gasteiger partial charge on any atom is 0.314 e. The van der Waals surface area contributed by atoms with Crippen molar-refractivity contribution in [2.75, 3.05) is 5.32 Å².